The minimum atomic E-state index is -0.281. The van der Waals surface area contributed by atoms with Gasteiger partial charge in [-0.1, -0.05) is 0 Å². The van der Waals surface area contributed by atoms with Crippen LogP contribution in [0.4, 0.5) is 0 Å². The minimum Gasteiger partial charge on any atom is -0.352 e. The van der Waals surface area contributed by atoms with E-state index in [0.29, 0.717) is 18.0 Å². The zero-order valence-electron chi connectivity index (χ0n) is 14.7. The second kappa shape index (κ2) is 7.82. The van der Waals surface area contributed by atoms with E-state index in [0.717, 1.165) is 45.4 Å². The molecular weight excluding hydrogens is 320 g/mol. The second-order valence-electron chi connectivity index (χ2n) is 7.17. The molecule has 2 N–H and O–H groups in total. The van der Waals surface area contributed by atoms with Crippen molar-refractivity contribution in [1.82, 2.24) is 20.1 Å². The first-order valence-electron chi connectivity index (χ1n) is 8.97. The fraction of sp³-hybridized carbons (Fsp3) is 0.611. The Bertz CT molecular complexity index is 679. The maximum Gasteiger partial charge on any atom is 0.251 e. The average Bonchev–Trinajstić information content (AvgIpc) is 3.06. The lowest BCUT2D eigenvalue weighted by atomic mass is 9.95. The molecule has 2 saturated heterocycles. The molecule has 3 rings (SSSR count). The van der Waals surface area contributed by atoms with Crippen LogP contribution in [0.15, 0.2) is 23.1 Å². The van der Waals surface area contributed by atoms with Crippen molar-refractivity contribution in [2.45, 2.75) is 19.3 Å². The van der Waals surface area contributed by atoms with Crippen molar-refractivity contribution in [3.05, 3.63) is 34.2 Å². The van der Waals surface area contributed by atoms with E-state index in [4.69, 9.17) is 0 Å². The number of hydrogen-bond acceptors (Lipinski definition) is 4. The molecule has 1 unspecified atom stereocenters. The monoisotopic (exact) mass is 346 g/mol. The predicted molar refractivity (Wildman–Crippen MR) is 94.3 cm³/mol. The van der Waals surface area contributed by atoms with E-state index in [1.54, 1.807) is 6.07 Å². The fourth-order valence-corrected chi connectivity index (χ4v) is 3.68. The van der Waals surface area contributed by atoms with Gasteiger partial charge in [0.2, 0.25) is 11.5 Å². The first-order valence-corrected chi connectivity index (χ1v) is 8.97. The zero-order valence-corrected chi connectivity index (χ0v) is 14.7. The summed E-state index contributed by atoms with van der Waals surface area (Å²) in [7, 11) is 2.06. The van der Waals surface area contributed by atoms with Crippen molar-refractivity contribution in [2.24, 2.45) is 11.8 Å². The van der Waals surface area contributed by atoms with Crippen LogP contribution in [0.2, 0.25) is 0 Å². The van der Waals surface area contributed by atoms with Gasteiger partial charge >= 0.3 is 0 Å². The summed E-state index contributed by atoms with van der Waals surface area (Å²) < 4.78 is 0. The molecule has 0 aliphatic carbocycles. The van der Waals surface area contributed by atoms with Crippen molar-refractivity contribution >= 4 is 11.8 Å². The average molecular weight is 346 g/mol. The largest absolute Gasteiger partial charge is 0.352 e. The Balaban J connectivity index is 1.43. The van der Waals surface area contributed by atoms with Crippen LogP contribution in [0.1, 0.15) is 29.6 Å². The van der Waals surface area contributed by atoms with Gasteiger partial charge in [0.05, 0.1) is 5.92 Å². The molecule has 2 fully saturated rings. The molecule has 1 atom stereocenters. The highest BCUT2D eigenvalue weighted by Gasteiger charge is 2.31. The van der Waals surface area contributed by atoms with Crippen LogP contribution in [0.5, 0.6) is 0 Å². The Labute approximate surface area is 147 Å². The maximum atomic E-state index is 12.5. The number of carbonyl (C=O) groups is 2. The molecule has 0 aromatic carbocycles. The van der Waals surface area contributed by atoms with Crippen LogP contribution in [-0.4, -0.2) is 66.4 Å². The number of aromatic nitrogens is 1. The van der Waals surface area contributed by atoms with Gasteiger partial charge in [0.25, 0.3) is 5.91 Å². The Morgan fingerprint density at radius 2 is 2.00 bits per heavy atom. The first kappa shape index (κ1) is 17.7. The minimum absolute atomic E-state index is 0.150. The summed E-state index contributed by atoms with van der Waals surface area (Å²) >= 11 is 0. The molecule has 3 heterocycles. The highest BCUT2D eigenvalue weighted by Crippen LogP contribution is 2.22. The van der Waals surface area contributed by atoms with Crippen molar-refractivity contribution in [3.63, 3.8) is 0 Å². The van der Waals surface area contributed by atoms with Gasteiger partial charge in [-0.25, -0.2) is 0 Å². The molecule has 0 spiro atoms. The number of piperidine rings is 1. The summed E-state index contributed by atoms with van der Waals surface area (Å²) in [6, 6.07) is 2.89. The number of amides is 2. The molecule has 2 aliphatic heterocycles. The first-order chi connectivity index (χ1) is 12.0. The molecule has 1 aromatic heterocycles. The summed E-state index contributed by atoms with van der Waals surface area (Å²) in [6.07, 6.45) is 4.25. The van der Waals surface area contributed by atoms with Crippen LogP contribution in [0, 0.1) is 11.8 Å². The number of hydrogen-bond donors (Lipinski definition) is 2. The van der Waals surface area contributed by atoms with Crippen LogP contribution in [0.25, 0.3) is 0 Å². The summed E-state index contributed by atoms with van der Waals surface area (Å²) in [4.78, 5) is 42.6. The summed E-state index contributed by atoms with van der Waals surface area (Å²) in [6.45, 7) is 3.99. The third-order valence-electron chi connectivity index (χ3n) is 5.26. The molecule has 2 amide bonds. The van der Waals surface area contributed by atoms with E-state index >= 15 is 0 Å². The van der Waals surface area contributed by atoms with Crippen LogP contribution in [-0.2, 0) is 4.79 Å². The van der Waals surface area contributed by atoms with Gasteiger partial charge in [-0.2, -0.15) is 0 Å². The predicted octanol–water partition coefficient (Wildman–Crippen LogP) is 0.295. The van der Waals surface area contributed by atoms with E-state index in [2.05, 4.69) is 22.2 Å². The molecule has 25 heavy (non-hydrogen) atoms. The van der Waals surface area contributed by atoms with Crippen molar-refractivity contribution in [1.29, 1.82) is 0 Å². The summed E-state index contributed by atoms with van der Waals surface area (Å²) in [5.41, 5.74) is 0.0961. The third kappa shape index (κ3) is 4.48. The fourth-order valence-electron chi connectivity index (χ4n) is 3.68. The topological polar surface area (TPSA) is 85.5 Å². The van der Waals surface area contributed by atoms with Crippen molar-refractivity contribution in [2.75, 3.05) is 39.8 Å². The Morgan fingerprint density at radius 1 is 1.24 bits per heavy atom. The van der Waals surface area contributed by atoms with E-state index in [1.807, 2.05) is 4.90 Å². The quantitative estimate of drug-likeness (QED) is 0.821. The number of H-pyrrole nitrogens is 1. The molecule has 1 aromatic rings. The van der Waals surface area contributed by atoms with Crippen LogP contribution < -0.4 is 10.9 Å². The second-order valence-corrected chi connectivity index (χ2v) is 7.17. The van der Waals surface area contributed by atoms with Gasteiger partial charge < -0.3 is 20.1 Å². The SMILES string of the molecule is CN1CCC(C(=O)N2CCC(CNC(=O)c3cc[nH]c(=O)c3)CC2)C1. The Hall–Kier alpha value is -2.15. The lowest BCUT2D eigenvalue weighted by Gasteiger charge is -2.33. The summed E-state index contributed by atoms with van der Waals surface area (Å²) in [5, 5.41) is 2.90. The van der Waals surface area contributed by atoms with Crippen LogP contribution >= 0.6 is 0 Å². The summed E-state index contributed by atoms with van der Waals surface area (Å²) in [5.74, 6) is 0.590. The molecule has 136 valence electrons. The highest BCUT2D eigenvalue weighted by atomic mass is 16.2. The lowest BCUT2D eigenvalue weighted by Crippen LogP contribution is -2.44. The van der Waals surface area contributed by atoms with E-state index < -0.39 is 0 Å². The lowest BCUT2D eigenvalue weighted by molar-refractivity contribution is -0.136. The standard InChI is InChI=1S/C18H26N4O3/c1-21-7-5-15(12-21)18(25)22-8-3-13(4-9-22)11-20-17(24)14-2-6-19-16(23)10-14/h2,6,10,13,15H,3-5,7-9,11-12H2,1H3,(H,19,23)(H,20,24). The Kier molecular flexibility index (Phi) is 5.53. The van der Waals surface area contributed by atoms with Gasteiger partial charge in [-0.3, -0.25) is 14.4 Å². The normalized spacial score (nSPS) is 22.1. The van der Waals surface area contributed by atoms with E-state index in [-0.39, 0.29) is 23.3 Å². The maximum absolute atomic E-state index is 12.5. The number of nitrogens with zero attached hydrogens (tertiary/aromatic N) is 2. The van der Waals surface area contributed by atoms with Crippen LogP contribution in [0.3, 0.4) is 0 Å². The van der Waals surface area contributed by atoms with Gasteiger partial charge in [0, 0.05) is 44.0 Å². The van der Waals surface area contributed by atoms with E-state index in [1.165, 1.54) is 12.3 Å². The molecule has 7 nitrogen and oxygen atoms in total. The van der Waals surface area contributed by atoms with Gasteiger partial charge in [0.1, 0.15) is 0 Å². The van der Waals surface area contributed by atoms with Crippen molar-refractivity contribution in [3.8, 4) is 0 Å². The van der Waals surface area contributed by atoms with Gasteiger partial charge in [-0.05, 0) is 44.8 Å². The molecule has 0 radical (unpaired) electrons. The van der Waals surface area contributed by atoms with Crippen molar-refractivity contribution < 1.29 is 9.59 Å². The number of aromatic amines is 1. The number of likely N-dealkylation sites (tertiary alicyclic amines) is 2. The number of carbonyl (C=O) groups excluding carboxylic acids is 2. The highest BCUT2D eigenvalue weighted by molar-refractivity contribution is 5.93. The van der Waals surface area contributed by atoms with Gasteiger partial charge in [-0.15, -0.1) is 0 Å². The smallest absolute Gasteiger partial charge is 0.251 e. The molecule has 7 heteroatoms. The molecular formula is C18H26N4O3. The molecule has 0 bridgehead atoms. The van der Waals surface area contributed by atoms with Gasteiger partial charge in [0.15, 0.2) is 0 Å². The Morgan fingerprint density at radius 3 is 2.64 bits per heavy atom. The number of pyridine rings is 1. The molecule has 0 saturated carbocycles. The zero-order chi connectivity index (χ0) is 17.8. The third-order valence-corrected chi connectivity index (χ3v) is 5.26. The number of nitrogens with one attached hydrogen (secondary N) is 2. The molecule has 2 aliphatic rings. The number of rotatable bonds is 4. The van der Waals surface area contributed by atoms with E-state index in [9.17, 15) is 14.4 Å².